The van der Waals surface area contributed by atoms with Crippen LogP contribution in [0.25, 0.3) is 0 Å². The van der Waals surface area contributed by atoms with E-state index in [2.05, 4.69) is 10.6 Å². The molecule has 0 aliphatic rings. The third kappa shape index (κ3) is 5.51. The van der Waals surface area contributed by atoms with Gasteiger partial charge in [-0.15, -0.1) is 0 Å². The summed E-state index contributed by atoms with van der Waals surface area (Å²) in [4.78, 5) is 24.0. The summed E-state index contributed by atoms with van der Waals surface area (Å²) >= 11 is 0. The van der Waals surface area contributed by atoms with Crippen LogP contribution in [0, 0.1) is 13.8 Å². The SMILES string of the molecule is COc1ccc(CNC(=O)CC(=O)Nc2cc(C)cc(C)c2)cc1OC. The van der Waals surface area contributed by atoms with Crippen LogP contribution in [0.5, 0.6) is 11.5 Å². The van der Waals surface area contributed by atoms with Gasteiger partial charge in [-0.25, -0.2) is 0 Å². The second kappa shape index (κ2) is 8.89. The van der Waals surface area contributed by atoms with E-state index in [9.17, 15) is 9.59 Å². The van der Waals surface area contributed by atoms with Crippen LogP contribution in [0.2, 0.25) is 0 Å². The molecule has 0 radical (unpaired) electrons. The van der Waals surface area contributed by atoms with Crippen LogP contribution in [0.3, 0.4) is 0 Å². The Kier molecular flexibility index (Phi) is 6.60. The summed E-state index contributed by atoms with van der Waals surface area (Å²) in [7, 11) is 3.12. The minimum absolute atomic E-state index is 0.236. The Bertz CT molecular complexity index is 782. The van der Waals surface area contributed by atoms with Crippen molar-refractivity contribution in [1.82, 2.24) is 5.32 Å². The minimum Gasteiger partial charge on any atom is -0.493 e. The van der Waals surface area contributed by atoms with Crippen molar-refractivity contribution in [2.45, 2.75) is 26.8 Å². The molecule has 0 heterocycles. The van der Waals surface area contributed by atoms with Gasteiger partial charge < -0.3 is 20.1 Å². The number of methoxy groups -OCH3 is 2. The van der Waals surface area contributed by atoms with E-state index in [0.29, 0.717) is 23.7 Å². The molecule has 26 heavy (non-hydrogen) atoms. The van der Waals surface area contributed by atoms with Crippen LogP contribution in [0.15, 0.2) is 36.4 Å². The molecule has 0 fully saturated rings. The first-order valence-electron chi connectivity index (χ1n) is 8.27. The Balaban J connectivity index is 1.87. The number of amides is 2. The van der Waals surface area contributed by atoms with Crippen LogP contribution >= 0.6 is 0 Å². The van der Waals surface area contributed by atoms with Gasteiger partial charge in [0.1, 0.15) is 6.42 Å². The average molecular weight is 356 g/mol. The van der Waals surface area contributed by atoms with Crippen LogP contribution < -0.4 is 20.1 Å². The van der Waals surface area contributed by atoms with Gasteiger partial charge in [-0.1, -0.05) is 12.1 Å². The smallest absolute Gasteiger partial charge is 0.233 e. The number of nitrogens with one attached hydrogen (secondary N) is 2. The molecular formula is C20H24N2O4. The van der Waals surface area contributed by atoms with Gasteiger partial charge in [0.15, 0.2) is 11.5 Å². The van der Waals surface area contributed by atoms with Crippen molar-refractivity contribution in [3.8, 4) is 11.5 Å². The summed E-state index contributed by atoms with van der Waals surface area (Å²) in [5.74, 6) is 0.517. The fraction of sp³-hybridized carbons (Fsp3) is 0.300. The molecule has 138 valence electrons. The van der Waals surface area contributed by atoms with Gasteiger partial charge >= 0.3 is 0 Å². The highest BCUT2D eigenvalue weighted by Crippen LogP contribution is 2.27. The Hall–Kier alpha value is -3.02. The van der Waals surface area contributed by atoms with Crippen molar-refractivity contribution in [3.63, 3.8) is 0 Å². The number of hydrogen-bond donors (Lipinski definition) is 2. The number of hydrogen-bond acceptors (Lipinski definition) is 4. The van der Waals surface area contributed by atoms with Gasteiger partial charge in [0.2, 0.25) is 11.8 Å². The quantitative estimate of drug-likeness (QED) is 0.748. The Labute approximate surface area is 153 Å². The molecule has 0 bridgehead atoms. The van der Waals surface area contributed by atoms with E-state index in [1.54, 1.807) is 26.4 Å². The van der Waals surface area contributed by atoms with Crippen molar-refractivity contribution in [3.05, 3.63) is 53.1 Å². The molecule has 0 saturated carbocycles. The summed E-state index contributed by atoms with van der Waals surface area (Å²) in [6.07, 6.45) is -0.236. The predicted octanol–water partition coefficient (Wildman–Crippen LogP) is 2.97. The van der Waals surface area contributed by atoms with Crippen molar-refractivity contribution in [2.75, 3.05) is 19.5 Å². The molecule has 2 amide bonds. The van der Waals surface area contributed by atoms with E-state index in [1.807, 2.05) is 38.1 Å². The number of anilines is 1. The highest BCUT2D eigenvalue weighted by Gasteiger charge is 2.11. The zero-order valence-electron chi connectivity index (χ0n) is 15.5. The highest BCUT2D eigenvalue weighted by molar-refractivity contribution is 6.03. The van der Waals surface area contributed by atoms with E-state index in [1.165, 1.54) is 0 Å². The third-order valence-corrected chi connectivity index (χ3v) is 3.76. The maximum absolute atomic E-state index is 12.0. The largest absolute Gasteiger partial charge is 0.493 e. The lowest BCUT2D eigenvalue weighted by Gasteiger charge is -2.11. The maximum atomic E-state index is 12.0. The summed E-state index contributed by atoms with van der Waals surface area (Å²) in [6, 6.07) is 11.1. The van der Waals surface area contributed by atoms with E-state index in [0.717, 1.165) is 16.7 Å². The van der Waals surface area contributed by atoms with E-state index in [4.69, 9.17) is 9.47 Å². The lowest BCUT2D eigenvalue weighted by molar-refractivity contribution is -0.126. The molecule has 6 nitrogen and oxygen atoms in total. The molecule has 6 heteroatoms. The Morgan fingerprint density at radius 3 is 2.15 bits per heavy atom. The molecule has 2 N–H and O–H groups in total. The zero-order chi connectivity index (χ0) is 19.1. The maximum Gasteiger partial charge on any atom is 0.233 e. The molecule has 0 spiro atoms. The van der Waals surface area contributed by atoms with Crippen molar-refractivity contribution in [2.24, 2.45) is 0 Å². The molecule has 2 aromatic rings. The summed E-state index contributed by atoms with van der Waals surface area (Å²) < 4.78 is 10.4. The fourth-order valence-corrected chi connectivity index (χ4v) is 2.65. The lowest BCUT2D eigenvalue weighted by atomic mass is 10.1. The van der Waals surface area contributed by atoms with Gasteiger partial charge in [-0.2, -0.15) is 0 Å². The van der Waals surface area contributed by atoms with E-state index >= 15 is 0 Å². The molecule has 0 aromatic heterocycles. The van der Waals surface area contributed by atoms with Gasteiger partial charge in [-0.05, 0) is 54.8 Å². The second-order valence-corrected chi connectivity index (χ2v) is 6.07. The standard InChI is InChI=1S/C20H24N2O4/c1-13-7-14(2)9-16(8-13)22-20(24)11-19(23)21-12-15-5-6-17(25-3)18(10-15)26-4/h5-10H,11-12H2,1-4H3,(H,21,23)(H,22,24). The number of carbonyl (C=O) groups excluding carboxylic acids is 2. The van der Waals surface area contributed by atoms with Crippen LogP contribution in [0.1, 0.15) is 23.1 Å². The minimum atomic E-state index is -0.347. The van der Waals surface area contributed by atoms with E-state index < -0.39 is 0 Å². The van der Waals surface area contributed by atoms with Crippen molar-refractivity contribution < 1.29 is 19.1 Å². The topological polar surface area (TPSA) is 76.7 Å². The number of carbonyl (C=O) groups is 2. The highest BCUT2D eigenvalue weighted by atomic mass is 16.5. The molecule has 0 saturated heterocycles. The number of ether oxygens (including phenoxy) is 2. The molecule has 2 rings (SSSR count). The third-order valence-electron chi connectivity index (χ3n) is 3.76. The van der Waals surface area contributed by atoms with Crippen LogP contribution in [-0.2, 0) is 16.1 Å². The number of rotatable bonds is 7. The number of benzene rings is 2. The van der Waals surface area contributed by atoms with Crippen LogP contribution in [-0.4, -0.2) is 26.0 Å². The van der Waals surface area contributed by atoms with Gasteiger partial charge in [0.05, 0.1) is 14.2 Å². The first-order valence-corrected chi connectivity index (χ1v) is 8.27. The molecule has 0 aliphatic carbocycles. The van der Waals surface area contributed by atoms with E-state index in [-0.39, 0.29) is 18.2 Å². The lowest BCUT2D eigenvalue weighted by Crippen LogP contribution is -2.27. The first-order chi connectivity index (χ1) is 12.4. The van der Waals surface area contributed by atoms with Crippen molar-refractivity contribution in [1.29, 1.82) is 0 Å². The monoisotopic (exact) mass is 356 g/mol. The van der Waals surface area contributed by atoms with Gasteiger partial charge in [0.25, 0.3) is 0 Å². The molecule has 0 unspecified atom stereocenters. The molecule has 2 aromatic carbocycles. The molecule has 0 atom stereocenters. The normalized spacial score (nSPS) is 10.2. The summed E-state index contributed by atoms with van der Waals surface area (Å²) in [5.41, 5.74) is 3.65. The Morgan fingerprint density at radius 1 is 0.885 bits per heavy atom. The fourth-order valence-electron chi connectivity index (χ4n) is 2.65. The second-order valence-electron chi connectivity index (χ2n) is 6.07. The summed E-state index contributed by atoms with van der Waals surface area (Å²) in [5, 5.41) is 5.48. The first kappa shape index (κ1) is 19.3. The van der Waals surface area contributed by atoms with Gasteiger partial charge in [-0.3, -0.25) is 9.59 Å². The zero-order valence-corrected chi connectivity index (χ0v) is 15.5. The molecule has 0 aliphatic heterocycles. The molecular weight excluding hydrogens is 332 g/mol. The van der Waals surface area contributed by atoms with Crippen LogP contribution in [0.4, 0.5) is 5.69 Å². The number of aryl methyl sites for hydroxylation is 2. The van der Waals surface area contributed by atoms with Gasteiger partial charge in [0, 0.05) is 12.2 Å². The van der Waals surface area contributed by atoms with Crippen molar-refractivity contribution >= 4 is 17.5 Å². The Morgan fingerprint density at radius 2 is 1.54 bits per heavy atom. The summed E-state index contributed by atoms with van der Waals surface area (Å²) in [6.45, 7) is 4.22. The predicted molar refractivity (Wildman–Crippen MR) is 101 cm³/mol. The average Bonchev–Trinajstić information content (AvgIpc) is 2.58.